The smallest absolute Gasteiger partial charge is 0.415 e. The van der Waals surface area contributed by atoms with Gasteiger partial charge in [0.15, 0.2) is 5.60 Å². The van der Waals surface area contributed by atoms with Gasteiger partial charge in [-0.05, 0) is 87.3 Å². The Morgan fingerprint density at radius 1 is 0.877 bits per heavy atom. The summed E-state index contributed by atoms with van der Waals surface area (Å²) < 4.78 is 29.4. The number of carbonyl (C=O) groups excluding carboxylic acids is 6. The monoisotopic (exact) mass is 1010 g/mol. The van der Waals surface area contributed by atoms with E-state index in [-0.39, 0.29) is 88.1 Å². The van der Waals surface area contributed by atoms with Crippen molar-refractivity contribution in [1.29, 1.82) is 0 Å². The van der Waals surface area contributed by atoms with Gasteiger partial charge in [0.05, 0.1) is 48.3 Å². The SMILES string of the molecule is CCc1c2c(nc3ccc(OC(=O)N(CCOCCOC(=O)N(C)CCN(C)C)CCN(C)C(=O)OCc4ccc(NC(=O)[C@@H](N)CCCNC(N)=O)cc4)cc13)-c1cc3c(c(=O)n1C2)COC(=O)[C@@]3(O)CC. The molecule has 23 heteroatoms. The van der Waals surface area contributed by atoms with Crippen LogP contribution in [0.1, 0.15) is 60.9 Å². The number of nitrogens with zero attached hydrogens (tertiary/aromatic N) is 6. The number of aromatic nitrogens is 2. The molecule has 4 aromatic rings. The highest BCUT2D eigenvalue weighted by atomic mass is 16.6. The molecular weight excluding hydrogens is 949 g/mol. The summed E-state index contributed by atoms with van der Waals surface area (Å²) in [6.07, 6.45) is -0.529. The van der Waals surface area contributed by atoms with Crippen LogP contribution < -0.4 is 32.4 Å². The largest absolute Gasteiger partial charge is 0.458 e. The minimum absolute atomic E-state index is 0.0136. The van der Waals surface area contributed by atoms with Crippen molar-refractivity contribution in [2.24, 2.45) is 11.5 Å². The number of nitrogens with one attached hydrogen (secondary N) is 2. The molecule has 2 atom stereocenters. The van der Waals surface area contributed by atoms with Gasteiger partial charge in [-0.3, -0.25) is 9.59 Å². The van der Waals surface area contributed by atoms with Gasteiger partial charge in [-0.2, -0.15) is 0 Å². The molecule has 23 nitrogen and oxygen atoms in total. The molecule has 4 heterocycles. The predicted molar refractivity (Wildman–Crippen MR) is 268 cm³/mol. The number of primary amides is 1. The lowest BCUT2D eigenvalue weighted by atomic mass is 9.86. The number of hydrogen-bond donors (Lipinski definition) is 5. The third kappa shape index (κ3) is 13.6. The molecule has 6 amide bonds. The summed E-state index contributed by atoms with van der Waals surface area (Å²) in [5.74, 6) is -0.989. The summed E-state index contributed by atoms with van der Waals surface area (Å²) in [5.41, 5.74) is 13.5. The molecule has 6 rings (SSSR count). The predicted octanol–water partition coefficient (Wildman–Crippen LogP) is 3.07. The lowest BCUT2D eigenvalue weighted by Gasteiger charge is -2.31. The number of cyclic esters (lactones) is 1. The molecule has 2 aliphatic rings. The van der Waals surface area contributed by atoms with Gasteiger partial charge in [0, 0.05) is 75.6 Å². The van der Waals surface area contributed by atoms with E-state index in [9.17, 15) is 38.7 Å². The van der Waals surface area contributed by atoms with E-state index in [0.29, 0.717) is 72.4 Å². The van der Waals surface area contributed by atoms with Gasteiger partial charge in [0.1, 0.15) is 25.6 Å². The van der Waals surface area contributed by atoms with Crippen LogP contribution in [0.15, 0.2) is 53.3 Å². The van der Waals surface area contributed by atoms with Crippen molar-refractivity contribution < 1.29 is 57.6 Å². The van der Waals surface area contributed by atoms with Crippen LogP contribution >= 0.6 is 0 Å². The molecule has 0 radical (unpaired) electrons. The van der Waals surface area contributed by atoms with Crippen LogP contribution in [-0.4, -0.2) is 164 Å². The molecule has 0 spiro atoms. The Bertz CT molecular complexity index is 2730. The molecule has 0 saturated heterocycles. The summed E-state index contributed by atoms with van der Waals surface area (Å²) in [6, 6.07) is 11.9. The fourth-order valence-corrected chi connectivity index (χ4v) is 8.29. The zero-order chi connectivity index (χ0) is 53.0. The lowest BCUT2D eigenvalue weighted by molar-refractivity contribution is -0.172. The highest BCUT2D eigenvalue weighted by molar-refractivity contribution is 5.94. The second-order valence-corrected chi connectivity index (χ2v) is 18.1. The second-order valence-electron chi connectivity index (χ2n) is 18.1. The molecule has 2 aromatic heterocycles. The first-order valence-electron chi connectivity index (χ1n) is 24.1. The standard InChI is InChI=1S/C50H66N10O13/c1-7-34-35-26-33(15-16-40(35)55-42-36(34)28-60-41(42)27-38-37(44(60)62)30-71-45(63)50(38,68)8-2)73-49(67)59(22-23-69-24-25-70-47(65)57(5)19-18-56(3)4)21-20-58(6)48(66)72-29-31-11-13-32(14-12-31)54-43(61)39(51)10-9-17-53-46(52)64/h11-16,26-27,39,68H,7-10,17-25,28-30,51H2,1-6H3,(H,54,61)(H3,52,53,64)/t39-,50+/m0/s1. The molecule has 73 heavy (non-hydrogen) atoms. The molecule has 2 aliphatic heterocycles. The number of aryl methyl sites for hydroxylation is 1. The molecular formula is C50H66N10O13. The van der Waals surface area contributed by atoms with E-state index in [1.54, 1.807) is 67.1 Å². The summed E-state index contributed by atoms with van der Waals surface area (Å²) >= 11 is 0. The van der Waals surface area contributed by atoms with Gasteiger partial charge in [-0.15, -0.1) is 0 Å². The Morgan fingerprint density at radius 3 is 2.27 bits per heavy atom. The number of amides is 6. The van der Waals surface area contributed by atoms with E-state index in [0.717, 1.165) is 11.1 Å². The number of fused-ring (bicyclic) bond motifs is 5. The van der Waals surface area contributed by atoms with Crippen molar-refractivity contribution in [1.82, 2.24) is 34.5 Å². The number of nitrogens with two attached hydrogens (primary N) is 2. The first kappa shape index (κ1) is 55.0. The molecule has 2 aromatic carbocycles. The number of benzene rings is 2. The van der Waals surface area contributed by atoms with Crippen LogP contribution in [0.3, 0.4) is 0 Å². The molecule has 7 N–H and O–H groups in total. The fourth-order valence-electron chi connectivity index (χ4n) is 8.29. The van der Waals surface area contributed by atoms with Crippen molar-refractivity contribution in [3.63, 3.8) is 0 Å². The Kier molecular flexibility index (Phi) is 18.7. The minimum Gasteiger partial charge on any atom is -0.458 e. The molecule has 0 fully saturated rings. The Labute approximate surface area is 422 Å². The summed E-state index contributed by atoms with van der Waals surface area (Å²) in [6.45, 7) is 5.13. The second kappa shape index (κ2) is 24.9. The summed E-state index contributed by atoms with van der Waals surface area (Å²) in [7, 11) is 6.98. The molecule has 394 valence electrons. The average Bonchev–Trinajstić information content (AvgIpc) is 3.74. The highest BCUT2D eigenvalue weighted by Crippen LogP contribution is 2.41. The van der Waals surface area contributed by atoms with Crippen molar-refractivity contribution in [3.8, 4) is 17.1 Å². The van der Waals surface area contributed by atoms with Crippen molar-refractivity contribution in [2.45, 2.75) is 70.9 Å². The number of hydrogen-bond acceptors (Lipinski definition) is 16. The number of esters is 1. The van der Waals surface area contributed by atoms with E-state index in [4.69, 9.17) is 40.1 Å². The van der Waals surface area contributed by atoms with Gasteiger partial charge in [0.25, 0.3) is 5.56 Å². The van der Waals surface area contributed by atoms with Crippen molar-refractivity contribution >= 4 is 52.8 Å². The normalized spacial score (nSPS) is 14.8. The zero-order valence-electron chi connectivity index (χ0n) is 42.2. The topological polar surface area (TPSA) is 293 Å². The van der Waals surface area contributed by atoms with Gasteiger partial charge in [-0.25, -0.2) is 29.0 Å². The fraction of sp³-hybridized carbons (Fsp3) is 0.480. The number of carbonyl (C=O) groups is 6. The maximum atomic E-state index is 14.0. The van der Waals surface area contributed by atoms with Crippen LogP contribution in [0, 0.1) is 0 Å². The number of urea groups is 1. The minimum atomic E-state index is -1.96. The highest BCUT2D eigenvalue weighted by Gasteiger charge is 2.45. The Hall–Kier alpha value is -7.34. The average molecular weight is 1020 g/mol. The number of pyridine rings is 2. The third-order valence-electron chi connectivity index (χ3n) is 12.7. The quantitative estimate of drug-likeness (QED) is 0.0357. The maximum Gasteiger partial charge on any atom is 0.415 e. The number of aliphatic hydroxyl groups is 1. The van der Waals surface area contributed by atoms with Crippen LogP contribution in [-0.2, 0) is 60.3 Å². The molecule has 0 unspecified atom stereocenters. The zero-order valence-corrected chi connectivity index (χ0v) is 42.2. The first-order chi connectivity index (χ1) is 34.8. The van der Waals surface area contributed by atoms with E-state index in [1.165, 1.54) is 21.7 Å². The Morgan fingerprint density at radius 2 is 1.59 bits per heavy atom. The maximum absolute atomic E-state index is 14.0. The van der Waals surface area contributed by atoms with Crippen LogP contribution in [0.5, 0.6) is 5.75 Å². The van der Waals surface area contributed by atoms with Gasteiger partial charge >= 0.3 is 30.3 Å². The number of anilines is 1. The van der Waals surface area contributed by atoms with E-state index in [1.807, 2.05) is 25.9 Å². The molecule has 0 aliphatic carbocycles. The summed E-state index contributed by atoms with van der Waals surface area (Å²) in [5, 5.41) is 17.2. The van der Waals surface area contributed by atoms with E-state index < -0.39 is 47.8 Å². The molecule has 0 saturated carbocycles. The van der Waals surface area contributed by atoms with Gasteiger partial charge in [0.2, 0.25) is 5.91 Å². The van der Waals surface area contributed by atoms with Crippen molar-refractivity contribution in [2.75, 3.05) is 92.6 Å². The number of rotatable bonds is 23. The molecule has 0 bridgehead atoms. The number of ether oxygens (including phenoxy) is 5. The van der Waals surface area contributed by atoms with Crippen molar-refractivity contribution in [3.05, 3.63) is 86.7 Å². The van der Waals surface area contributed by atoms with Crippen LogP contribution in [0.2, 0.25) is 0 Å². The van der Waals surface area contributed by atoms with Gasteiger partial charge in [-0.1, -0.05) is 26.0 Å². The first-order valence-corrected chi connectivity index (χ1v) is 24.1. The van der Waals surface area contributed by atoms with E-state index in [2.05, 4.69) is 10.6 Å². The lowest BCUT2D eigenvalue weighted by Crippen LogP contribution is -2.44. The third-order valence-corrected chi connectivity index (χ3v) is 12.7. The summed E-state index contributed by atoms with van der Waals surface area (Å²) in [4.78, 5) is 100. The Balaban J connectivity index is 1.10. The number of likely N-dealkylation sites (N-methyl/N-ethyl adjacent to an activating group) is 3. The van der Waals surface area contributed by atoms with Crippen LogP contribution in [0.4, 0.5) is 24.9 Å². The van der Waals surface area contributed by atoms with E-state index >= 15 is 0 Å². The van der Waals surface area contributed by atoms with Gasteiger partial charge < -0.3 is 75.1 Å². The van der Waals surface area contributed by atoms with Crippen LogP contribution in [0.25, 0.3) is 22.3 Å².